The molecule has 25 heavy (non-hydrogen) atoms. The van der Waals surface area contributed by atoms with Crippen molar-refractivity contribution < 1.29 is 9.53 Å². The van der Waals surface area contributed by atoms with E-state index in [1.165, 1.54) is 51.5 Å². The topological polar surface area (TPSA) is 41.6 Å². The lowest BCUT2D eigenvalue weighted by molar-refractivity contribution is 0.108. The highest BCUT2D eigenvalue weighted by Crippen LogP contribution is 2.32. The molecular weight excluding hydrogens is 312 g/mol. The zero-order chi connectivity index (χ0) is 17.5. The van der Waals surface area contributed by atoms with Crippen LogP contribution in [0.25, 0.3) is 0 Å². The molecule has 1 saturated carbocycles. The van der Waals surface area contributed by atoms with E-state index in [0.717, 1.165) is 11.5 Å². The van der Waals surface area contributed by atoms with Crippen LogP contribution in [-0.4, -0.2) is 36.2 Å². The van der Waals surface area contributed by atoms with Crippen LogP contribution in [0.4, 0.5) is 4.79 Å². The van der Waals surface area contributed by atoms with Crippen LogP contribution in [-0.2, 0) is 11.3 Å². The van der Waals surface area contributed by atoms with Gasteiger partial charge in [-0.1, -0.05) is 49.6 Å². The fourth-order valence-corrected chi connectivity index (χ4v) is 4.48. The summed E-state index contributed by atoms with van der Waals surface area (Å²) in [6.45, 7) is 4.59. The second-order valence-electron chi connectivity index (χ2n) is 7.62. The molecule has 1 N–H and O–H groups in total. The third-order valence-corrected chi connectivity index (χ3v) is 5.97. The number of ether oxygens (including phenoxy) is 1. The van der Waals surface area contributed by atoms with Crippen molar-refractivity contribution in [2.75, 3.05) is 13.1 Å². The van der Waals surface area contributed by atoms with Crippen LogP contribution >= 0.6 is 0 Å². The quantitative estimate of drug-likeness (QED) is 0.834. The number of carbonyl (C=O) groups is 1. The highest BCUT2D eigenvalue weighted by Gasteiger charge is 2.33. The van der Waals surface area contributed by atoms with Crippen LogP contribution < -0.4 is 5.32 Å². The molecule has 0 aromatic heterocycles. The molecule has 3 rings (SSSR count). The summed E-state index contributed by atoms with van der Waals surface area (Å²) >= 11 is 0. The Balaban J connectivity index is 1.42. The zero-order valence-corrected chi connectivity index (χ0v) is 15.5. The van der Waals surface area contributed by atoms with Crippen molar-refractivity contribution in [1.82, 2.24) is 10.2 Å². The van der Waals surface area contributed by atoms with E-state index in [2.05, 4.69) is 17.1 Å². The van der Waals surface area contributed by atoms with Gasteiger partial charge in [0.1, 0.15) is 6.61 Å². The lowest BCUT2D eigenvalue weighted by Crippen LogP contribution is -2.47. The molecule has 0 spiro atoms. The van der Waals surface area contributed by atoms with Gasteiger partial charge in [0.15, 0.2) is 0 Å². The zero-order valence-electron chi connectivity index (χ0n) is 15.5. The second-order valence-corrected chi connectivity index (χ2v) is 7.62. The molecule has 2 aliphatic rings. The first-order valence-electron chi connectivity index (χ1n) is 9.94. The molecule has 0 bridgehead atoms. The Morgan fingerprint density at radius 3 is 2.68 bits per heavy atom. The van der Waals surface area contributed by atoms with Crippen LogP contribution in [0, 0.1) is 5.92 Å². The SMILES string of the molecule is CC(C1CCCCC1)N1CCCC1CNC(=O)OCc1ccccc1. The maximum atomic E-state index is 12.0. The Morgan fingerprint density at radius 2 is 1.92 bits per heavy atom. The van der Waals surface area contributed by atoms with E-state index in [0.29, 0.717) is 25.2 Å². The van der Waals surface area contributed by atoms with Crippen molar-refractivity contribution in [2.45, 2.75) is 70.6 Å². The van der Waals surface area contributed by atoms with Gasteiger partial charge in [0.25, 0.3) is 0 Å². The summed E-state index contributed by atoms with van der Waals surface area (Å²) in [6, 6.07) is 10.9. The third-order valence-electron chi connectivity index (χ3n) is 5.97. The molecule has 2 fully saturated rings. The van der Waals surface area contributed by atoms with Gasteiger partial charge in [-0.15, -0.1) is 0 Å². The van der Waals surface area contributed by atoms with E-state index in [-0.39, 0.29) is 6.09 Å². The van der Waals surface area contributed by atoms with Gasteiger partial charge in [-0.05, 0) is 50.6 Å². The number of nitrogens with zero attached hydrogens (tertiary/aromatic N) is 1. The van der Waals surface area contributed by atoms with Crippen LogP contribution in [0.2, 0.25) is 0 Å². The Labute approximate surface area is 151 Å². The molecule has 1 amide bonds. The molecule has 2 unspecified atom stereocenters. The van der Waals surface area contributed by atoms with Gasteiger partial charge in [-0.2, -0.15) is 0 Å². The van der Waals surface area contributed by atoms with E-state index in [1.54, 1.807) is 0 Å². The maximum Gasteiger partial charge on any atom is 0.407 e. The summed E-state index contributed by atoms with van der Waals surface area (Å²) in [6.07, 6.45) is 9.03. The molecule has 1 saturated heterocycles. The van der Waals surface area contributed by atoms with E-state index in [4.69, 9.17) is 4.74 Å². The van der Waals surface area contributed by atoms with Crippen molar-refractivity contribution in [1.29, 1.82) is 0 Å². The predicted octanol–water partition coefficient (Wildman–Crippen LogP) is 4.35. The van der Waals surface area contributed by atoms with Crippen molar-refractivity contribution >= 4 is 6.09 Å². The number of rotatable bonds is 6. The van der Waals surface area contributed by atoms with Crippen molar-refractivity contribution in [3.8, 4) is 0 Å². The fourth-order valence-electron chi connectivity index (χ4n) is 4.48. The monoisotopic (exact) mass is 344 g/mol. The van der Waals surface area contributed by atoms with Crippen molar-refractivity contribution in [3.63, 3.8) is 0 Å². The lowest BCUT2D eigenvalue weighted by Gasteiger charge is -2.37. The maximum absolute atomic E-state index is 12.0. The van der Waals surface area contributed by atoms with Crippen molar-refractivity contribution in [2.24, 2.45) is 5.92 Å². The minimum atomic E-state index is -0.305. The second kappa shape index (κ2) is 9.23. The number of carbonyl (C=O) groups excluding carboxylic acids is 1. The third kappa shape index (κ3) is 5.21. The van der Waals surface area contributed by atoms with Gasteiger partial charge < -0.3 is 10.1 Å². The van der Waals surface area contributed by atoms with Gasteiger partial charge in [0.05, 0.1) is 0 Å². The highest BCUT2D eigenvalue weighted by molar-refractivity contribution is 5.67. The summed E-state index contributed by atoms with van der Waals surface area (Å²) in [7, 11) is 0. The largest absolute Gasteiger partial charge is 0.445 e. The van der Waals surface area contributed by atoms with Gasteiger partial charge >= 0.3 is 6.09 Å². The summed E-state index contributed by atoms with van der Waals surface area (Å²) < 4.78 is 5.33. The average molecular weight is 344 g/mol. The first-order chi connectivity index (χ1) is 12.2. The number of hydrogen-bond donors (Lipinski definition) is 1. The first kappa shape index (κ1) is 18.2. The fraction of sp³-hybridized carbons (Fsp3) is 0.667. The molecule has 1 aliphatic carbocycles. The summed E-state index contributed by atoms with van der Waals surface area (Å²) in [5.41, 5.74) is 1.02. The molecule has 4 nitrogen and oxygen atoms in total. The Hall–Kier alpha value is -1.55. The van der Waals surface area contributed by atoms with Gasteiger partial charge in [0, 0.05) is 18.6 Å². The van der Waals surface area contributed by atoms with Gasteiger partial charge in [0.2, 0.25) is 0 Å². The van der Waals surface area contributed by atoms with Crippen molar-refractivity contribution in [3.05, 3.63) is 35.9 Å². The summed E-state index contributed by atoms with van der Waals surface area (Å²) in [4.78, 5) is 14.6. The molecule has 1 aromatic rings. The molecule has 2 atom stereocenters. The molecule has 0 radical (unpaired) electrons. The molecule has 138 valence electrons. The minimum Gasteiger partial charge on any atom is -0.445 e. The van der Waals surface area contributed by atoms with E-state index in [1.807, 2.05) is 30.3 Å². The van der Waals surface area contributed by atoms with E-state index in [9.17, 15) is 4.79 Å². The highest BCUT2D eigenvalue weighted by atomic mass is 16.5. The summed E-state index contributed by atoms with van der Waals surface area (Å²) in [5, 5.41) is 2.98. The Kier molecular flexibility index (Phi) is 6.74. The molecule has 4 heteroatoms. The Morgan fingerprint density at radius 1 is 1.16 bits per heavy atom. The molecule has 1 heterocycles. The van der Waals surface area contributed by atoms with E-state index < -0.39 is 0 Å². The predicted molar refractivity (Wildman–Crippen MR) is 100 cm³/mol. The number of nitrogens with one attached hydrogen (secondary N) is 1. The van der Waals surface area contributed by atoms with Crippen LogP contribution in [0.5, 0.6) is 0 Å². The molecule has 1 aromatic carbocycles. The number of likely N-dealkylation sites (tertiary alicyclic amines) is 1. The van der Waals surface area contributed by atoms with E-state index >= 15 is 0 Å². The number of alkyl carbamates (subject to hydrolysis) is 1. The Bertz CT molecular complexity index is 528. The number of benzene rings is 1. The minimum absolute atomic E-state index is 0.305. The smallest absolute Gasteiger partial charge is 0.407 e. The molecular formula is C21H32N2O2. The van der Waals surface area contributed by atoms with Crippen LogP contribution in [0.1, 0.15) is 57.4 Å². The standard InChI is InChI=1S/C21H32N2O2/c1-17(19-11-6-3-7-12-19)23-14-8-13-20(23)15-22-21(24)25-16-18-9-4-2-5-10-18/h2,4-5,9-10,17,19-20H,3,6-8,11-16H2,1H3,(H,22,24). The number of hydrogen-bond acceptors (Lipinski definition) is 3. The lowest BCUT2D eigenvalue weighted by atomic mass is 9.84. The van der Waals surface area contributed by atoms with Gasteiger partial charge in [-0.25, -0.2) is 4.79 Å². The van der Waals surface area contributed by atoms with Gasteiger partial charge in [-0.3, -0.25) is 4.90 Å². The normalized spacial score (nSPS) is 23.3. The van der Waals surface area contributed by atoms with Crippen LogP contribution in [0.3, 0.4) is 0 Å². The first-order valence-corrected chi connectivity index (χ1v) is 9.94. The average Bonchev–Trinajstić information content (AvgIpc) is 3.14. The molecule has 1 aliphatic heterocycles. The number of amides is 1. The summed E-state index contributed by atoms with van der Waals surface area (Å²) in [5.74, 6) is 0.833. The van der Waals surface area contributed by atoms with Crippen LogP contribution in [0.15, 0.2) is 30.3 Å².